The standard InChI is InChI=1S/C40H42N4/c1-27(2)28-21-22-41-38(23-28)44-34-16-9-8-15-32(34)33-20-19-30(25-37(33)44)40(6,7)29-13-12-14-31(24-29)42-26-43(39(3,4)5)36-18-11-10-17-35(36)42/h8-25,27H,26H2,1-7H3. The second-order valence-corrected chi connectivity index (χ2v) is 14.0. The second kappa shape index (κ2) is 10.3. The van der Waals surface area contributed by atoms with Crippen LogP contribution in [0.4, 0.5) is 17.1 Å². The molecule has 0 spiro atoms. The molecule has 4 aromatic carbocycles. The van der Waals surface area contributed by atoms with Gasteiger partial charge in [0, 0.05) is 33.6 Å². The molecule has 0 saturated heterocycles. The molecule has 3 heterocycles. The van der Waals surface area contributed by atoms with Crippen LogP contribution >= 0.6 is 0 Å². The van der Waals surface area contributed by atoms with Crippen molar-refractivity contribution in [3.63, 3.8) is 0 Å². The van der Waals surface area contributed by atoms with E-state index in [-0.39, 0.29) is 11.0 Å². The first-order valence-electron chi connectivity index (χ1n) is 15.8. The number of nitrogens with zero attached hydrogens (tertiary/aromatic N) is 4. The fraction of sp³-hybridized carbons (Fsp3) is 0.275. The topological polar surface area (TPSA) is 24.3 Å². The number of pyridine rings is 1. The first kappa shape index (κ1) is 28.2. The normalized spacial score (nSPS) is 13.8. The van der Waals surface area contributed by atoms with E-state index in [1.54, 1.807) is 0 Å². The molecule has 7 rings (SSSR count). The predicted octanol–water partition coefficient (Wildman–Crippen LogP) is 10.3. The zero-order valence-electron chi connectivity index (χ0n) is 27.0. The molecule has 0 amide bonds. The average Bonchev–Trinajstić information content (AvgIpc) is 3.58. The van der Waals surface area contributed by atoms with Gasteiger partial charge >= 0.3 is 0 Å². The van der Waals surface area contributed by atoms with E-state index < -0.39 is 0 Å². The number of fused-ring (bicyclic) bond motifs is 4. The number of anilines is 3. The van der Waals surface area contributed by atoms with E-state index in [4.69, 9.17) is 4.98 Å². The summed E-state index contributed by atoms with van der Waals surface area (Å²) < 4.78 is 2.34. The Hall–Kier alpha value is -4.57. The monoisotopic (exact) mass is 578 g/mol. The summed E-state index contributed by atoms with van der Waals surface area (Å²) in [7, 11) is 0. The Bertz CT molecular complexity index is 2010. The number of hydrogen-bond donors (Lipinski definition) is 0. The first-order valence-corrected chi connectivity index (χ1v) is 15.8. The highest BCUT2D eigenvalue weighted by atomic mass is 15.4. The fourth-order valence-electron chi connectivity index (χ4n) is 6.76. The lowest BCUT2D eigenvalue weighted by molar-refractivity contribution is 0.518. The Morgan fingerprint density at radius 3 is 2.14 bits per heavy atom. The van der Waals surface area contributed by atoms with Crippen LogP contribution in [0.15, 0.2) is 109 Å². The predicted molar refractivity (Wildman–Crippen MR) is 187 cm³/mol. The van der Waals surface area contributed by atoms with Gasteiger partial charge in [-0.15, -0.1) is 0 Å². The molecular weight excluding hydrogens is 536 g/mol. The van der Waals surface area contributed by atoms with E-state index in [1.807, 2.05) is 6.20 Å². The zero-order valence-corrected chi connectivity index (χ0v) is 27.0. The van der Waals surface area contributed by atoms with Gasteiger partial charge in [-0.05, 0) is 91.9 Å². The van der Waals surface area contributed by atoms with Crippen LogP contribution in [0.25, 0.3) is 27.6 Å². The van der Waals surface area contributed by atoms with Gasteiger partial charge in [-0.2, -0.15) is 0 Å². The molecule has 0 atom stereocenters. The minimum atomic E-state index is -0.221. The fourth-order valence-corrected chi connectivity index (χ4v) is 6.76. The van der Waals surface area contributed by atoms with Crippen LogP contribution < -0.4 is 9.80 Å². The lowest BCUT2D eigenvalue weighted by Gasteiger charge is -2.34. The van der Waals surface area contributed by atoms with Crippen molar-refractivity contribution in [1.82, 2.24) is 9.55 Å². The summed E-state index contributed by atoms with van der Waals surface area (Å²) in [5.74, 6) is 1.40. The summed E-state index contributed by atoms with van der Waals surface area (Å²) in [5.41, 5.74) is 9.83. The molecule has 0 saturated carbocycles. The van der Waals surface area contributed by atoms with Gasteiger partial charge in [0.1, 0.15) is 5.82 Å². The van der Waals surface area contributed by atoms with E-state index in [1.165, 1.54) is 55.6 Å². The lowest BCUT2D eigenvalue weighted by atomic mass is 9.77. The smallest absolute Gasteiger partial charge is 0.137 e. The van der Waals surface area contributed by atoms with Crippen LogP contribution in [0.3, 0.4) is 0 Å². The van der Waals surface area contributed by atoms with Gasteiger partial charge in [0.2, 0.25) is 0 Å². The van der Waals surface area contributed by atoms with Gasteiger partial charge in [-0.1, -0.05) is 82.3 Å². The molecule has 6 aromatic rings. The molecule has 1 aliphatic rings. The number of rotatable bonds is 5. The maximum Gasteiger partial charge on any atom is 0.137 e. The van der Waals surface area contributed by atoms with Crippen molar-refractivity contribution in [3.05, 3.63) is 126 Å². The van der Waals surface area contributed by atoms with Crippen LogP contribution in [0.5, 0.6) is 0 Å². The van der Waals surface area contributed by atoms with E-state index in [0.717, 1.165) is 12.5 Å². The van der Waals surface area contributed by atoms with Gasteiger partial charge in [0.05, 0.1) is 29.1 Å². The maximum atomic E-state index is 4.87. The molecule has 0 aliphatic carbocycles. The maximum absolute atomic E-state index is 4.87. The number of benzene rings is 4. The minimum absolute atomic E-state index is 0.0269. The largest absolute Gasteiger partial charge is 0.347 e. The third-order valence-electron chi connectivity index (χ3n) is 9.50. The molecule has 44 heavy (non-hydrogen) atoms. The molecule has 0 N–H and O–H groups in total. The highest BCUT2D eigenvalue weighted by Gasteiger charge is 2.34. The van der Waals surface area contributed by atoms with Crippen molar-refractivity contribution in [2.45, 2.75) is 65.3 Å². The molecule has 4 heteroatoms. The Kier molecular flexibility index (Phi) is 6.58. The molecule has 4 nitrogen and oxygen atoms in total. The highest BCUT2D eigenvalue weighted by molar-refractivity contribution is 6.09. The van der Waals surface area contributed by atoms with Crippen LogP contribution in [0, 0.1) is 0 Å². The quantitative estimate of drug-likeness (QED) is 0.203. The second-order valence-electron chi connectivity index (χ2n) is 14.0. The summed E-state index contributed by atoms with van der Waals surface area (Å²) in [6, 6.07) is 38.0. The third-order valence-corrected chi connectivity index (χ3v) is 9.50. The van der Waals surface area contributed by atoms with Crippen LogP contribution in [0.2, 0.25) is 0 Å². The minimum Gasteiger partial charge on any atom is -0.347 e. The molecule has 2 aromatic heterocycles. The zero-order chi connectivity index (χ0) is 30.8. The van der Waals surface area contributed by atoms with Gasteiger partial charge in [-0.25, -0.2) is 4.98 Å². The van der Waals surface area contributed by atoms with Crippen LogP contribution in [-0.2, 0) is 5.41 Å². The summed E-state index contributed by atoms with van der Waals surface area (Å²) in [6.45, 7) is 16.9. The van der Waals surface area contributed by atoms with Crippen LogP contribution in [-0.4, -0.2) is 21.8 Å². The molecule has 0 unspecified atom stereocenters. The summed E-state index contributed by atoms with van der Waals surface area (Å²) >= 11 is 0. The molecule has 0 bridgehead atoms. The molecule has 0 radical (unpaired) electrons. The van der Waals surface area contributed by atoms with Gasteiger partial charge < -0.3 is 9.80 Å². The Morgan fingerprint density at radius 1 is 0.659 bits per heavy atom. The first-order chi connectivity index (χ1) is 21.0. The molecular formula is C40H42N4. The molecule has 0 fully saturated rings. The van der Waals surface area contributed by atoms with Gasteiger partial charge in [-0.3, -0.25) is 4.57 Å². The molecule has 1 aliphatic heterocycles. The third kappa shape index (κ3) is 4.55. The SMILES string of the molecule is CC(C)c1ccnc(-n2c3ccccc3c3ccc(C(C)(C)c4cccc(N5CN(C(C)(C)C)c6ccccc65)c4)cc32)c1. The van der Waals surface area contributed by atoms with E-state index in [0.29, 0.717) is 5.92 Å². The van der Waals surface area contributed by atoms with Crippen molar-refractivity contribution < 1.29 is 0 Å². The Morgan fingerprint density at radius 2 is 1.36 bits per heavy atom. The number of aromatic nitrogens is 2. The Labute approximate surface area is 261 Å². The van der Waals surface area contributed by atoms with Crippen molar-refractivity contribution in [2.24, 2.45) is 0 Å². The van der Waals surface area contributed by atoms with Gasteiger partial charge in [0.15, 0.2) is 0 Å². The number of hydrogen-bond acceptors (Lipinski definition) is 3. The van der Waals surface area contributed by atoms with Crippen molar-refractivity contribution in [3.8, 4) is 5.82 Å². The van der Waals surface area contributed by atoms with Crippen molar-refractivity contribution in [2.75, 3.05) is 16.5 Å². The van der Waals surface area contributed by atoms with E-state index in [2.05, 4.69) is 166 Å². The van der Waals surface area contributed by atoms with Crippen molar-refractivity contribution in [1.29, 1.82) is 0 Å². The average molecular weight is 579 g/mol. The number of para-hydroxylation sites is 3. The lowest BCUT2D eigenvalue weighted by Crippen LogP contribution is -2.42. The summed E-state index contributed by atoms with van der Waals surface area (Å²) in [6.07, 6.45) is 1.95. The molecule has 222 valence electrons. The van der Waals surface area contributed by atoms with Crippen molar-refractivity contribution >= 4 is 38.9 Å². The summed E-state index contributed by atoms with van der Waals surface area (Å²) in [4.78, 5) is 9.81. The van der Waals surface area contributed by atoms with E-state index >= 15 is 0 Å². The Balaban J connectivity index is 1.34. The highest BCUT2D eigenvalue weighted by Crippen LogP contribution is 2.45. The summed E-state index contributed by atoms with van der Waals surface area (Å²) in [5, 5.41) is 2.50. The van der Waals surface area contributed by atoms with Crippen LogP contribution in [0.1, 0.15) is 71.1 Å². The van der Waals surface area contributed by atoms with E-state index in [9.17, 15) is 0 Å². The van der Waals surface area contributed by atoms with Gasteiger partial charge in [0.25, 0.3) is 0 Å².